The molecular weight excluding hydrogens is 266 g/mol. The molecule has 0 aliphatic carbocycles. The lowest BCUT2D eigenvalue weighted by molar-refractivity contribution is 0.940. The van der Waals surface area contributed by atoms with Crippen LogP contribution in [0.5, 0.6) is 0 Å². The molecule has 0 bridgehead atoms. The average Bonchev–Trinajstić information content (AvgIpc) is 2.96. The molecule has 0 saturated heterocycles. The van der Waals surface area contributed by atoms with Crippen LogP contribution >= 0.6 is 11.3 Å². The predicted octanol–water partition coefficient (Wildman–Crippen LogP) is 3.57. The highest BCUT2D eigenvalue weighted by Crippen LogP contribution is 2.22. The van der Waals surface area contributed by atoms with Gasteiger partial charge in [0.1, 0.15) is 5.82 Å². The highest BCUT2D eigenvalue weighted by Gasteiger charge is 2.06. The van der Waals surface area contributed by atoms with E-state index < -0.39 is 0 Å². The summed E-state index contributed by atoms with van der Waals surface area (Å²) in [5, 5.41) is 3.24. The molecule has 3 aromatic rings. The van der Waals surface area contributed by atoms with Gasteiger partial charge in [-0.2, -0.15) is 0 Å². The van der Waals surface area contributed by atoms with Gasteiger partial charge >= 0.3 is 0 Å². The van der Waals surface area contributed by atoms with Gasteiger partial charge in [-0.1, -0.05) is 36.4 Å². The SMILES string of the molecule is Nc1ncccc1CCc1nc(-c2ccccc2)cs1. The summed E-state index contributed by atoms with van der Waals surface area (Å²) in [7, 11) is 0. The molecule has 20 heavy (non-hydrogen) atoms. The lowest BCUT2D eigenvalue weighted by Gasteiger charge is -2.02. The predicted molar refractivity (Wildman–Crippen MR) is 83.6 cm³/mol. The van der Waals surface area contributed by atoms with Gasteiger partial charge in [0.25, 0.3) is 0 Å². The fraction of sp³-hybridized carbons (Fsp3) is 0.125. The van der Waals surface area contributed by atoms with E-state index in [2.05, 4.69) is 27.5 Å². The number of aromatic nitrogens is 2. The summed E-state index contributed by atoms with van der Waals surface area (Å²) in [6, 6.07) is 14.2. The quantitative estimate of drug-likeness (QED) is 0.795. The van der Waals surface area contributed by atoms with Crippen LogP contribution in [-0.4, -0.2) is 9.97 Å². The summed E-state index contributed by atoms with van der Waals surface area (Å²) < 4.78 is 0. The molecular formula is C16H15N3S. The van der Waals surface area contributed by atoms with Crippen LogP contribution in [0.15, 0.2) is 54.0 Å². The lowest BCUT2D eigenvalue weighted by atomic mass is 10.1. The maximum atomic E-state index is 5.85. The Morgan fingerprint density at radius 1 is 1.00 bits per heavy atom. The van der Waals surface area contributed by atoms with Gasteiger partial charge in [-0.25, -0.2) is 9.97 Å². The molecule has 0 unspecified atom stereocenters. The van der Waals surface area contributed by atoms with Crippen molar-refractivity contribution in [3.8, 4) is 11.3 Å². The lowest BCUT2D eigenvalue weighted by Crippen LogP contribution is -1.99. The van der Waals surface area contributed by atoms with Crippen molar-refractivity contribution in [1.82, 2.24) is 9.97 Å². The molecule has 0 aliphatic heterocycles. The first kappa shape index (κ1) is 12.8. The minimum Gasteiger partial charge on any atom is -0.383 e. The number of anilines is 1. The standard InChI is InChI=1S/C16H15N3S/c17-16-13(7-4-10-18-16)8-9-15-19-14(11-20-15)12-5-2-1-3-6-12/h1-7,10-11H,8-9H2,(H2,17,18). The molecule has 3 nitrogen and oxygen atoms in total. The van der Waals surface area contributed by atoms with Gasteiger partial charge in [-0.3, -0.25) is 0 Å². The first-order chi connectivity index (χ1) is 9.83. The molecule has 0 radical (unpaired) electrons. The van der Waals surface area contributed by atoms with Crippen molar-refractivity contribution in [3.05, 3.63) is 64.6 Å². The number of nitrogens with zero attached hydrogens (tertiary/aromatic N) is 2. The molecule has 2 heterocycles. The van der Waals surface area contributed by atoms with Crippen molar-refractivity contribution < 1.29 is 0 Å². The number of rotatable bonds is 4. The summed E-state index contributed by atoms with van der Waals surface area (Å²) >= 11 is 1.70. The molecule has 0 atom stereocenters. The second-order valence-electron chi connectivity index (χ2n) is 4.54. The average molecular weight is 281 g/mol. The van der Waals surface area contributed by atoms with Crippen LogP contribution in [0.3, 0.4) is 0 Å². The molecule has 3 rings (SSSR count). The van der Waals surface area contributed by atoms with Crippen LogP contribution in [0, 0.1) is 0 Å². The van der Waals surface area contributed by atoms with Crippen LogP contribution in [0.2, 0.25) is 0 Å². The molecule has 2 aromatic heterocycles. The minimum atomic E-state index is 0.618. The van der Waals surface area contributed by atoms with Gasteiger partial charge < -0.3 is 5.73 Å². The molecule has 1 aromatic carbocycles. The first-order valence-electron chi connectivity index (χ1n) is 6.52. The summed E-state index contributed by atoms with van der Waals surface area (Å²) in [6.45, 7) is 0. The number of aryl methyl sites for hydroxylation is 2. The fourth-order valence-electron chi connectivity index (χ4n) is 2.07. The van der Waals surface area contributed by atoms with Crippen LogP contribution in [0.4, 0.5) is 5.82 Å². The Labute approximate surface area is 122 Å². The summed E-state index contributed by atoms with van der Waals surface area (Å²) in [5.74, 6) is 0.618. The zero-order valence-electron chi connectivity index (χ0n) is 11.0. The third kappa shape index (κ3) is 2.86. The van der Waals surface area contributed by atoms with E-state index >= 15 is 0 Å². The van der Waals surface area contributed by atoms with Crippen molar-refractivity contribution >= 4 is 17.2 Å². The number of pyridine rings is 1. The van der Waals surface area contributed by atoms with Gasteiger partial charge in [0.05, 0.1) is 10.7 Å². The number of nitrogen functional groups attached to an aromatic ring is 1. The third-order valence-corrected chi connectivity index (χ3v) is 4.06. The molecule has 0 spiro atoms. The monoisotopic (exact) mass is 281 g/mol. The third-order valence-electron chi connectivity index (χ3n) is 3.16. The Bertz CT molecular complexity index is 692. The van der Waals surface area contributed by atoms with Crippen molar-refractivity contribution in [3.63, 3.8) is 0 Å². The van der Waals surface area contributed by atoms with Gasteiger partial charge in [-0.05, 0) is 18.1 Å². The van der Waals surface area contributed by atoms with E-state index in [1.54, 1.807) is 17.5 Å². The van der Waals surface area contributed by atoms with Crippen molar-refractivity contribution in [1.29, 1.82) is 0 Å². The molecule has 0 amide bonds. The maximum Gasteiger partial charge on any atom is 0.126 e. The second kappa shape index (κ2) is 5.84. The summed E-state index contributed by atoms with van der Waals surface area (Å²) in [4.78, 5) is 8.79. The van der Waals surface area contributed by atoms with Crippen LogP contribution in [0.1, 0.15) is 10.6 Å². The minimum absolute atomic E-state index is 0.618. The van der Waals surface area contributed by atoms with E-state index in [9.17, 15) is 0 Å². The number of hydrogen-bond donors (Lipinski definition) is 1. The van der Waals surface area contributed by atoms with Gasteiger partial charge in [0.15, 0.2) is 0 Å². The number of nitrogens with two attached hydrogens (primary N) is 1. The highest BCUT2D eigenvalue weighted by molar-refractivity contribution is 7.09. The van der Waals surface area contributed by atoms with Gasteiger partial charge in [0.2, 0.25) is 0 Å². The first-order valence-corrected chi connectivity index (χ1v) is 7.40. The fourth-order valence-corrected chi connectivity index (χ4v) is 2.88. The topological polar surface area (TPSA) is 51.8 Å². The smallest absolute Gasteiger partial charge is 0.126 e. The Hall–Kier alpha value is -2.20. The molecule has 100 valence electrons. The Kier molecular flexibility index (Phi) is 3.74. The Morgan fingerprint density at radius 2 is 1.85 bits per heavy atom. The second-order valence-corrected chi connectivity index (χ2v) is 5.48. The van der Waals surface area contributed by atoms with Crippen molar-refractivity contribution in [2.45, 2.75) is 12.8 Å². The zero-order chi connectivity index (χ0) is 13.8. The molecule has 0 aliphatic rings. The zero-order valence-corrected chi connectivity index (χ0v) is 11.8. The molecule has 0 saturated carbocycles. The Balaban J connectivity index is 1.71. The van der Waals surface area contributed by atoms with Crippen LogP contribution in [-0.2, 0) is 12.8 Å². The van der Waals surface area contributed by atoms with Gasteiger partial charge in [-0.15, -0.1) is 11.3 Å². The number of benzene rings is 1. The summed E-state index contributed by atoms with van der Waals surface area (Å²) in [5.41, 5.74) is 9.15. The van der Waals surface area contributed by atoms with Gasteiger partial charge in [0, 0.05) is 23.6 Å². The molecule has 4 heteroatoms. The van der Waals surface area contributed by atoms with Crippen LogP contribution < -0.4 is 5.73 Å². The highest BCUT2D eigenvalue weighted by atomic mass is 32.1. The number of thiazole rings is 1. The van der Waals surface area contributed by atoms with E-state index in [-0.39, 0.29) is 0 Å². The van der Waals surface area contributed by atoms with Crippen molar-refractivity contribution in [2.75, 3.05) is 5.73 Å². The normalized spacial score (nSPS) is 10.6. The molecule has 0 fully saturated rings. The van der Waals surface area contributed by atoms with E-state index in [0.29, 0.717) is 5.82 Å². The van der Waals surface area contributed by atoms with Crippen LogP contribution in [0.25, 0.3) is 11.3 Å². The van der Waals surface area contributed by atoms with E-state index in [0.717, 1.165) is 34.7 Å². The molecule has 2 N–H and O–H groups in total. The van der Waals surface area contributed by atoms with Crippen molar-refractivity contribution in [2.24, 2.45) is 0 Å². The van der Waals surface area contributed by atoms with E-state index in [1.165, 1.54) is 0 Å². The van der Waals surface area contributed by atoms with E-state index in [4.69, 9.17) is 5.73 Å². The Morgan fingerprint density at radius 3 is 2.65 bits per heavy atom. The maximum absolute atomic E-state index is 5.85. The largest absolute Gasteiger partial charge is 0.383 e. The van der Waals surface area contributed by atoms with E-state index in [1.807, 2.05) is 30.3 Å². The summed E-state index contributed by atoms with van der Waals surface area (Å²) in [6.07, 6.45) is 3.49. The number of hydrogen-bond acceptors (Lipinski definition) is 4.